The molecule has 0 amide bonds. The van der Waals surface area contributed by atoms with Crippen LogP contribution < -0.4 is 0 Å². The molecule has 6 nitrogen and oxygen atoms in total. The third-order valence-corrected chi connectivity index (χ3v) is 11.4. The van der Waals surface area contributed by atoms with Crippen molar-refractivity contribution in [3.05, 3.63) is 24.3 Å². The molecule has 0 saturated heterocycles. The maximum absolute atomic E-state index is 12.7. The van der Waals surface area contributed by atoms with Crippen LogP contribution in [0.25, 0.3) is 0 Å². The molecule has 0 aromatic heterocycles. The zero-order chi connectivity index (χ0) is 43.0. The van der Waals surface area contributed by atoms with E-state index in [0.717, 1.165) is 70.6 Å². The van der Waals surface area contributed by atoms with Gasteiger partial charge in [-0.3, -0.25) is 14.4 Å². The summed E-state index contributed by atoms with van der Waals surface area (Å²) in [5.74, 6) is -0.875. The summed E-state index contributed by atoms with van der Waals surface area (Å²) in [4.78, 5) is 37.9. The van der Waals surface area contributed by atoms with Crippen molar-refractivity contribution < 1.29 is 28.6 Å². The molecule has 0 aliphatic heterocycles. The first-order chi connectivity index (χ1) is 29.0. The zero-order valence-corrected chi connectivity index (χ0v) is 39.5. The Morgan fingerprint density at radius 1 is 0.322 bits per heavy atom. The fourth-order valence-corrected chi connectivity index (χ4v) is 7.48. The summed E-state index contributed by atoms with van der Waals surface area (Å²) in [5, 5.41) is 0. The summed E-state index contributed by atoms with van der Waals surface area (Å²) in [7, 11) is 0. The first-order valence-electron chi connectivity index (χ1n) is 25.8. The van der Waals surface area contributed by atoms with Gasteiger partial charge in [-0.2, -0.15) is 0 Å². The molecule has 0 fully saturated rings. The lowest BCUT2D eigenvalue weighted by Gasteiger charge is -2.18. The highest BCUT2D eigenvalue weighted by Crippen LogP contribution is 2.16. The number of esters is 3. The second-order valence-corrected chi connectivity index (χ2v) is 17.4. The molecular formula is C53H98O6. The molecule has 0 aromatic carbocycles. The number of ether oxygens (including phenoxy) is 3. The Labute approximate surface area is 366 Å². The van der Waals surface area contributed by atoms with E-state index in [4.69, 9.17) is 14.2 Å². The minimum atomic E-state index is -0.771. The molecule has 346 valence electrons. The van der Waals surface area contributed by atoms with E-state index in [-0.39, 0.29) is 31.1 Å². The predicted octanol–water partition coefficient (Wildman–Crippen LogP) is 16.8. The lowest BCUT2D eigenvalue weighted by Crippen LogP contribution is -2.30. The van der Waals surface area contributed by atoms with E-state index in [1.54, 1.807) is 0 Å². The standard InChI is InChI=1S/C53H98O6/c1-4-7-10-13-16-19-22-24-26-28-31-33-36-39-42-45-51(54)57-48-50(59-53(56)47-44-41-38-35-30-21-18-15-12-9-6-3)49-58-52(55)46-43-40-37-34-32-29-27-25-23-20-17-14-11-8-5-2/h15,18-19,22,50H,4-14,16-17,20-21,23-49H2,1-3H3/b18-15-,22-19-/t50-/m1/s1. The number of rotatable bonds is 47. The molecule has 0 heterocycles. The van der Waals surface area contributed by atoms with Gasteiger partial charge in [-0.25, -0.2) is 0 Å². The van der Waals surface area contributed by atoms with E-state index < -0.39 is 6.10 Å². The normalized spacial score (nSPS) is 12.1. The summed E-state index contributed by atoms with van der Waals surface area (Å²) in [5.41, 5.74) is 0. The van der Waals surface area contributed by atoms with E-state index in [1.165, 1.54) is 167 Å². The first kappa shape index (κ1) is 56.9. The summed E-state index contributed by atoms with van der Waals surface area (Å²) in [6.45, 7) is 6.60. The molecule has 0 aromatic rings. The number of allylic oxidation sites excluding steroid dienone is 4. The number of hydrogen-bond acceptors (Lipinski definition) is 6. The second-order valence-electron chi connectivity index (χ2n) is 17.4. The third-order valence-electron chi connectivity index (χ3n) is 11.4. The Balaban J connectivity index is 4.32. The van der Waals surface area contributed by atoms with Crippen molar-refractivity contribution in [3.63, 3.8) is 0 Å². The lowest BCUT2D eigenvalue weighted by atomic mass is 10.0. The molecule has 1 atom stereocenters. The summed E-state index contributed by atoms with van der Waals surface area (Å²) in [6.07, 6.45) is 54.4. The van der Waals surface area contributed by atoms with E-state index in [2.05, 4.69) is 45.1 Å². The molecule has 0 spiro atoms. The van der Waals surface area contributed by atoms with Gasteiger partial charge >= 0.3 is 17.9 Å². The Hall–Kier alpha value is -2.11. The van der Waals surface area contributed by atoms with Gasteiger partial charge < -0.3 is 14.2 Å². The number of carbonyl (C=O) groups excluding carboxylic acids is 3. The fourth-order valence-electron chi connectivity index (χ4n) is 7.48. The Kier molecular flexibility index (Phi) is 46.8. The van der Waals surface area contributed by atoms with Gasteiger partial charge in [0.2, 0.25) is 0 Å². The van der Waals surface area contributed by atoms with Crippen molar-refractivity contribution in [2.75, 3.05) is 13.2 Å². The lowest BCUT2D eigenvalue weighted by molar-refractivity contribution is -0.167. The Morgan fingerprint density at radius 3 is 0.915 bits per heavy atom. The molecule has 0 rings (SSSR count). The van der Waals surface area contributed by atoms with Gasteiger partial charge in [0.05, 0.1) is 0 Å². The average molecular weight is 831 g/mol. The van der Waals surface area contributed by atoms with Crippen LogP contribution in [-0.4, -0.2) is 37.2 Å². The molecule has 0 aliphatic rings. The number of hydrogen-bond donors (Lipinski definition) is 0. The van der Waals surface area contributed by atoms with Crippen molar-refractivity contribution >= 4 is 17.9 Å². The van der Waals surface area contributed by atoms with Crippen LogP contribution in [0.5, 0.6) is 0 Å². The summed E-state index contributed by atoms with van der Waals surface area (Å²) < 4.78 is 16.8. The quantitative estimate of drug-likeness (QED) is 0.0263. The van der Waals surface area contributed by atoms with Crippen LogP contribution in [-0.2, 0) is 28.6 Å². The molecule has 0 radical (unpaired) electrons. The van der Waals surface area contributed by atoms with E-state index in [1.807, 2.05) is 0 Å². The third kappa shape index (κ3) is 46.8. The van der Waals surface area contributed by atoms with E-state index >= 15 is 0 Å². The van der Waals surface area contributed by atoms with Crippen molar-refractivity contribution in [2.45, 2.75) is 284 Å². The van der Waals surface area contributed by atoms with E-state index in [9.17, 15) is 14.4 Å². The van der Waals surface area contributed by atoms with Crippen LogP contribution in [0.15, 0.2) is 24.3 Å². The topological polar surface area (TPSA) is 78.9 Å². The molecule has 0 bridgehead atoms. The summed E-state index contributed by atoms with van der Waals surface area (Å²) in [6, 6.07) is 0. The molecule has 0 N–H and O–H groups in total. The van der Waals surface area contributed by atoms with Crippen LogP contribution in [0.4, 0.5) is 0 Å². The van der Waals surface area contributed by atoms with Gasteiger partial charge in [0.15, 0.2) is 6.10 Å². The molecule has 0 aliphatic carbocycles. The maximum atomic E-state index is 12.7. The van der Waals surface area contributed by atoms with Gasteiger partial charge in [-0.1, -0.05) is 218 Å². The van der Waals surface area contributed by atoms with Crippen molar-refractivity contribution in [1.82, 2.24) is 0 Å². The van der Waals surface area contributed by atoms with E-state index in [0.29, 0.717) is 19.3 Å². The van der Waals surface area contributed by atoms with Crippen LogP contribution in [0.2, 0.25) is 0 Å². The van der Waals surface area contributed by atoms with Gasteiger partial charge in [0.25, 0.3) is 0 Å². The van der Waals surface area contributed by atoms with Crippen molar-refractivity contribution in [2.24, 2.45) is 0 Å². The van der Waals surface area contributed by atoms with Crippen LogP contribution in [0, 0.1) is 0 Å². The Morgan fingerprint density at radius 2 is 0.576 bits per heavy atom. The van der Waals surface area contributed by atoms with Crippen LogP contribution in [0.1, 0.15) is 278 Å². The molecule has 0 saturated carbocycles. The summed E-state index contributed by atoms with van der Waals surface area (Å²) >= 11 is 0. The van der Waals surface area contributed by atoms with Gasteiger partial charge in [-0.15, -0.1) is 0 Å². The van der Waals surface area contributed by atoms with Gasteiger partial charge in [0, 0.05) is 19.3 Å². The predicted molar refractivity (Wildman–Crippen MR) is 252 cm³/mol. The highest BCUT2D eigenvalue weighted by atomic mass is 16.6. The van der Waals surface area contributed by atoms with Crippen LogP contribution >= 0.6 is 0 Å². The monoisotopic (exact) mass is 831 g/mol. The SMILES string of the molecule is CCCC/C=C\CCCCCCCC(=O)O[C@H](COC(=O)CCCCCCCCC/C=C\CCCCCC)COC(=O)CCCCCCCCCCCCCCCCC. The minimum absolute atomic E-state index is 0.0723. The average Bonchev–Trinajstić information content (AvgIpc) is 3.23. The van der Waals surface area contributed by atoms with Gasteiger partial charge in [-0.05, 0) is 64.2 Å². The molecule has 0 unspecified atom stereocenters. The fraction of sp³-hybridized carbons (Fsp3) is 0.868. The number of carbonyl (C=O) groups is 3. The molecular weight excluding hydrogens is 733 g/mol. The Bertz CT molecular complexity index is 958. The first-order valence-corrected chi connectivity index (χ1v) is 25.8. The largest absolute Gasteiger partial charge is 0.462 e. The zero-order valence-electron chi connectivity index (χ0n) is 39.5. The molecule has 59 heavy (non-hydrogen) atoms. The van der Waals surface area contributed by atoms with Crippen molar-refractivity contribution in [1.29, 1.82) is 0 Å². The highest BCUT2D eigenvalue weighted by molar-refractivity contribution is 5.71. The van der Waals surface area contributed by atoms with Crippen LogP contribution in [0.3, 0.4) is 0 Å². The number of unbranched alkanes of at least 4 members (excludes halogenated alkanes) is 32. The maximum Gasteiger partial charge on any atom is 0.306 e. The van der Waals surface area contributed by atoms with Gasteiger partial charge in [0.1, 0.15) is 13.2 Å². The highest BCUT2D eigenvalue weighted by Gasteiger charge is 2.19. The minimum Gasteiger partial charge on any atom is -0.462 e. The smallest absolute Gasteiger partial charge is 0.306 e. The molecule has 6 heteroatoms. The van der Waals surface area contributed by atoms with Crippen molar-refractivity contribution in [3.8, 4) is 0 Å². The second kappa shape index (κ2) is 48.6.